The number of amides is 1. The van der Waals surface area contributed by atoms with E-state index in [9.17, 15) is 4.79 Å². The maximum Gasteiger partial charge on any atom is 0.224 e. The number of hydrogen-bond acceptors (Lipinski definition) is 3. The van der Waals surface area contributed by atoms with Gasteiger partial charge >= 0.3 is 0 Å². The van der Waals surface area contributed by atoms with E-state index in [0.717, 1.165) is 31.7 Å². The second-order valence-corrected chi connectivity index (χ2v) is 6.43. The molecule has 0 radical (unpaired) electrons. The summed E-state index contributed by atoms with van der Waals surface area (Å²) in [5, 5.41) is 0. The third kappa shape index (κ3) is 3.95. The number of benzene rings is 2. The van der Waals surface area contributed by atoms with Crippen molar-refractivity contribution in [3.05, 3.63) is 65.7 Å². The number of carbonyl (C=O) groups excluding carboxylic acids is 1. The van der Waals surface area contributed by atoms with Crippen LogP contribution in [0.2, 0.25) is 0 Å². The van der Waals surface area contributed by atoms with E-state index in [1.807, 2.05) is 35.2 Å². The van der Waals surface area contributed by atoms with Gasteiger partial charge in [0.25, 0.3) is 0 Å². The van der Waals surface area contributed by atoms with E-state index < -0.39 is 0 Å². The number of hydrogen-bond donors (Lipinski definition) is 1. The van der Waals surface area contributed by atoms with Crippen LogP contribution in [-0.2, 0) is 4.79 Å². The van der Waals surface area contributed by atoms with Gasteiger partial charge in [0.15, 0.2) is 0 Å². The largest absolute Gasteiger partial charge is 0.368 e. The molecule has 4 nitrogen and oxygen atoms in total. The summed E-state index contributed by atoms with van der Waals surface area (Å²) < 4.78 is 0. The zero-order valence-electron chi connectivity index (χ0n) is 14.2. The average molecular weight is 323 g/mol. The first kappa shape index (κ1) is 16.5. The Labute approximate surface area is 143 Å². The Balaban J connectivity index is 1.53. The number of nitrogens with zero attached hydrogens (tertiary/aromatic N) is 2. The lowest BCUT2D eigenvalue weighted by Crippen LogP contribution is -2.49. The molecule has 2 aromatic rings. The summed E-state index contributed by atoms with van der Waals surface area (Å²) in [7, 11) is 0. The Bertz CT molecular complexity index is 678. The van der Waals surface area contributed by atoms with Gasteiger partial charge in [0.05, 0.1) is 0 Å². The fourth-order valence-electron chi connectivity index (χ4n) is 3.17. The molecule has 0 spiro atoms. The Morgan fingerprint density at radius 3 is 2.42 bits per heavy atom. The molecule has 0 aromatic heterocycles. The highest BCUT2D eigenvalue weighted by atomic mass is 16.2. The van der Waals surface area contributed by atoms with E-state index >= 15 is 0 Å². The van der Waals surface area contributed by atoms with Crippen LogP contribution in [0, 0.1) is 6.92 Å². The zero-order valence-corrected chi connectivity index (χ0v) is 14.2. The van der Waals surface area contributed by atoms with Crippen LogP contribution < -0.4 is 10.6 Å². The van der Waals surface area contributed by atoms with Crippen molar-refractivity contribution in [1.82, 2.24) is 4.90 Å². The number of nitrogens with two attached hydrogens (primary N) is 1. The monoisotopic (exact) mass is 323 g/mol. The molecule has 3 rings (SSSR count). The van der Waals surface area contributed by atoms with Crippen LogP contribution in [0.3, 0.4) is 0 Å². The number of carbonyl (C=O) groups is 1. The third-order valence-electron chi connectivity index (χ3n) is 4.62. The van der Waals surface area contributed by atoms with E-state index in [2.05, 4.69) is 36.1 Å². The lowest BCUT2D eigenvalue weighted by molar-refractivity contribution is -0.131. The van der Waals surface area contributed by atoms with Crippen LogP contribution >= 0.6 is 0 Å². The van der Waals surface area contributed by atoms with E-state index in [1.54, 1.807) is 0 Å². The minimum absolute atomic E-state index is 0.148. The standard InChI is InChI=1S/C20H25N3O/c1-16-6-5-9-18(14-16)22-10-12-23(13-11-22)20(24)15-19(21)17-7-3-2-4-8-17/h2-9,14,19H,10-13,15,21H2,1H3. The van der Waals surface area contributed by atoms with Gasteiger partial charge in [-0.25, -0.2) is 0 Å². The normalized spacial score (nSPS) is 16.1. The van der Waals surface area contributed by atoms with Crippen molar-refractivity contribution in [3.8, 4) is 0 Å². The second kappa shape index (κ2) is 7.49. The predicted octanol–water partition coefficient (Wildman–Crippen LogP) is 2.73. The van der Waals surface area contributed by atoms with Crippen molar-refractivity contribution in [3.63, 3.8) is 0 Å². The van der Waals surface area contributed by atoms with Gasteiger partial charge in [-0.1, -0.05) is 42.5 Å². The molecule has 1 atom stereocenters. The Hall–Kier alpha value is -2.33. The SMILES string of the molecule is Cc1cccc(N2CCN(C(=O)CC(N)c3ccccc3)CC2)c1. The van der Waals surface area contributed by atoms with E-state index in [4.69, 9.17) is 5.73 Å². The molecule has 0 aliphatic carbocycles. The van der Waals surface area contributed by atoms with Crippen LogP contribution in [0.15, 0.2) is 54.6 Å². The Morgan fingerprint density at radius 2 is 1.75 bits per heavy atom. The van der Waals surface area contributed by atoms with Crippen LogP contribution in [0.4, 0.5) is 5.69 Å². The van der Waals surface area contributed by atoms with Crippen molar-refractivity contribution in [2.75, 3.05) is 31.1 Å². The van der Waals surface area contributed by atoms with Crippen molar-refractivity contribution < 1.29 is 4.79 Å². The first-order valence-electron chi connectivity index (χ1n) is 8.53. The number of rotatable bonds is 4. The zero-order chi connectivity index (χ0) is 16.9. The molecule has 1 fully saturated rings. The molecular formula is C20H25N3O. The van der Waals surface area contributed by atoms with Gasteiger partial charge in [0, 0.05) is 44.3 Å². The smallest absolute Gasteiger partial charge is 0.224 e. The van der Waals surface area contributed by atoms with Crippen LogP contribution in [0.1, 0.15) is 23.6 Å². The summed E-state index contributed by atoms with van der Waals surface area (Å²) in [4.78, 5) is 16.8. The first-order chi connectivity index (χ1) is 11.6. The van der Waals surface area contributed by atoms with Gasteiger partial charge in [-0.2, -0.15) is 0 Å². The quantitative estimate of drug-likeness (QED) is 0.941. The molecule has 2 aromatic carbocycles. The summed E-state index contributed by atoms with van der Waals surface area (Å²) >= 11 is 0. The molecule has 0 bridgehead atoms. The van der Waals surface area contributed by atoms with Crippen molar-refractivity contribution in [2.24, 2.45) is 5.73 Å². The third-order valence-corrected chi connectivity index (χ3v) is 4.62. The van der Waals surface area contributed by atoms with E-state index in [0.29, 0.717) is 6.42 Å². The summed E-state index contributed by atoms with van der Waals surface area (Å²) in [5.74, 6) is 0.148. The molecule has 1 unspecified atom stereocenters. The summed E-state index contributed by atoms with van der Waals surface area (Å²) in [6, 6.07) is 18.1. The van der Waals surface area contributed by atoms with Crippen molar-refractivity contribution in [2.45, 2.75) is 19.4 Å². The molecule has 1 aliphatic heterocycles. The minimum Gasteiger partial charge on any atom is -0.368 e. The lowest BCUT2D eigenvalue weighted by atomic mass is 10.0. The molecule has 24 heavy (non-hydrogen) atoms. The van der Waals surface area contributed by atoms with Gasteiger partial charge < -0.3 is 15.5 Å². The summed E-state index contributed by atoms with van der Waals surface area (Å²) in [6.45, 7) is 5.36. The van der Waals surface area contributed by atoms with Crippen molar-refractivity contribution >= 4 is 11.6 Å². The molecule has 1 amide bonds. The van der Waals surface area contributed by atoms with Crippen molar-refractivity contribution in [1.29, 1.82) is 0 Å². The van der Waals surface area contributed by atoms with Crippen LogP contribution in [0.5, 0.6) is 0 Å². The maximum absolute atomic E-state index is 12.5. The van der Waals surface area contributed by atoms with Gasteiger partial charge in [-0.3, -0.25) is 4.79 Å². The van der Waals surface area contributed by atoms with Crippen LogP contribution in [-0.4, -0.2) is 37.0 Å². The Morgan fingerprint density at radius 1 is 1.04 bits per heavy atom. The average Bonchev–Trinajstić information content (AvgIpc) is 2.62. The Kier molecular flexibility index (Phi) is 5.16. The minimum atomic E-state index is -0.228. The highest BCUT2D eigenvalue weighted by Gasteiger charge is 2.23. The fourth-order valence-corrected chi connectivity index (χ4v) is 3.17. The molecule has 1 saturated heterocycles. The van der Waals surface area contributed by atoms with E-state index in [-0.39, 0.29) is 11.9 Å². The number of anilines is 1. The number of piperazine rings is 1. The molecule has 4 heteroatoms. The van der Waals surface area contributed by atoms with Crippen LogP contribution in [0.25, 0.3) is 0 Å². The van der Waals surface area contributed by atoms with E-state index in [1.165, 1.54) is 11.3 Å². The van der Waals surface area contributed by atoms with Gasteiger partial charge in [0.2, 0.25) is 5.91 Å². The molecule has 126 valence electrons. The summed E-state index contributed by atoms with van der Waals surface area (Å²) in [5.41, 5.74) is 9.70. The number of aryl methyl sites for hydroxylation is 1. The highest BCUT2D eigenvalue weighted by Crippen LogP contribution is 2.19. The summed E-state index contributed by atoms with van der Waals surface area (Å²) in [6.07, 6.45) is 0.370. The fraction of sp³-hybridized carbons (Fsp3) is 0.350. The molecule has 2 N–H and O–H groups in total. The van der Waals surface area contributed by atoms with Gasteiger partial charge in [-0.05, 0) is 30.2 Å². The van der Waals surface area contributed by atoms with Gasteiger partial charge in [-0.15, -0.1) is 0 Å². The molecule has 1 aliphatic rings. The van der Waals surface area contributed by atoms with Gasteiger partial charge in [0.1, 0.15) is 0 Å². The molecule has 1 heterocycles. The topological polar surface area (TPSA) is 49.6 Å². The molecular weight excluding hydrogens is 298 g/mol. The highest BCUT2D eigenvalue weighted by molar-refractivity contribution is 5.77. The first-order valence-corrected chi connectivity index (χ1v) is 8.53. The maximum atomic E-state index is 12.5. The second-order valence-electron chi connectivity index (χ2n) is 6.43. The predicted molar refractivity (Wildman–Crippen MR) is 98.0 cm³/mol. The lowest BCUT2D eigenvalue weighted by Gasteiger charge is -2.36. The molecule has 0 saturated carbocycles.